The maximum Gasteiger partial charge on any atom is 0.179 e. The van der Waals surface area contributed by atoms with E-state index in [1.165, 1.54) is 0 Å². The molecule has 1 N–H and O–H groups in total. The number of aldehydes is 1. The SMILES string of the molecule is O=CC1Nc2ncc(Br)nc2N1C=Cc1ccccc1. The zero-order chi connectivity index (χ0) is 13.9. The summed E-state index contributed by atoms with van der Waals surface area (Å²) in [5, 5.41) is 3.01. The second-order valence-electron chi connectivity index (χ2n) is 4.22. The molecule has 2 aromatic rings. The summed E-state index contributed by atoms with van der Waals surface area (Å²) in [6.07, 6.45) is 5.69. The van der Waals surface area contributed by atoms with Crippen LogP contribution < -0.4 is 10.2 Å². The van der Waals surface area contributed by atoms with Gasteiger partial charge in [-0.05, 0) is 27.6 Å². The van der Waals surface area contributed by atoms with Crippen molar-refractivity contribution in [1.82, 2.24) is 9.97 Å². The van der Waals surface area contributed by atoms with Crippen molar-refractivity contribution >= 4 is 39.9 Å². The summed E-state index contributed by atoms with van der Waals surface area (Å²) in [7, 11) is 0. The lowest BCUT2D eigenvalue weighted by Crippen LogP contribution is -2.32. The minimum absolute atomic E-state index is 0.487. The smallest absolute Gasteiger partial charge is 0.179 e. The monoisotopic (exact) mass is 330 g/mol. The van der Waals surface area contributed by atoms with Crippen molar-refractivity contribution < 1.29 is 4.79 Å². The minimum atomic E-state index is -0.487. The Hall–Kier alpha value is -2.21. The van der Waals surface area contributed by atoms with Crippen molar-refractivity contribution in [3.63, 3.8) is 0 Å². The first-order valence-corrected chi connectivity index (χ1v) is 6.83. The molecule has 1 aromatic carbocycles. The molecule has 20 heavy (non-hydrogen) atoms. The molecule has 0 fully saturated rings. The van der Waals surface area contributed by atoms with Gasteiger partial charge in [0.1, 0.15) is 4.60 Å². The molecule has 0 saturated carbocycles. The normalized spacial score (nSPS) is 17.1. The Morgan fingerprint density at radius 1 is 1.30 bits per heavy atom. The molecule has 3 rings (SSSR count). The Morgan fingerprint density at radius 2 is 2.10 bits per heavy atom. The van der Waals surface area contributed by atoms with E-state index in [0.717, 1.165) is 11.8 Å². The molecule has 100 valence electrons. The number of nitrogens with one attached hydrogen (secondary N) is 1. The van der Waals surface area contributed by atoms with Crippen LogP contribution in [0.5, 0.6) is 0 Å². The number of nitrogens with zero attached hydrogens (tertiary/aromatic N) is 3. The van der Waals surface area contributed by atoms with Crippen LogP contribution in [0.2, 0.25) is 0 Å². The van der Waals surface area contributed by atoms with Crippen LogP contribution in [0.3, 0.4) is 0 Å². The van der Waals surface area contributed by atoms with Crippen LogP contribution in [0.1, 0.15) is 5.56 Å². The lowest BCUT2D eigenvalue weighted by Gasteiger charge is -2.16. The first kappa shape index (κ1) is 12.8. The highest BCUT2D eigenvalue weighted by molar-refractivity contribution is 9.10. The Labute approximate surface area is 124 Å². The van der Waals surface area contributed by atoms with Crippen LogP contribution in [0.25, 0.3) is 6.08 Å². The Kier molecular flexibility index (Phi) is 3.47. The van der Waals surface area contributed by atoms with Crippen LogP contribution in [-0.4, -0.2) is 22.4 Å². The molecule has 0 bridgehead atoms. The lowest BCUT2D eigenvalue weighted by molar-refractivity contribution is -0.108. The van der Waals surface area contributed by atoms with E-state index in [4.69, 9.17) is 0 Å². The highest BCUT2D eigenvalue weighted by atomic mass is 79.9. The molecule has 0 saturated heterocycles. The highest BCUT2D eigenvalue weighted by Crippen LogP contribution is 2.31. The predicted molar refractivity (Wildman–Crippen MR) is 81.2 cm³/mol. The molecule has 0 spiro atoms. The molecule has 1 atom stereocenters. The number of hydrogen-bond donors (Lipinski definition) is 1. The molecule has 2 heterocycles. The molecule has 1 aromatic heterocycles. The average Bonchev–Trinajstić information content (AvgIpc) is 2.83. The van der Waals surface area contributed by atoms with Gasteiger partial charge >= 0.3 is 0 Å². The van der Waals surface area contributed by atoms with Gasteiger partial charge < -0.3 is 10.2 Å². The molecule has 5 nitrogen and oxygen atoms in total. The number of carbonyl (C=O) groups is 1. The van der Waals surface area contributed by atoms with Crippen molar-refractivity contribution in [2.24, 2.45) is 0 Å². The molecule has 0 aliphatic carbocycles. The number of fused-ring (bicyclic) bond motifs is 1. The number of hydrogen-bond acceptors (Lipinski definition) is 5. The van der Waals surface area contributed by atoms with E-state index >= 15 is 0 Å². The number of benzene rings is 1. The Morgan fingerprint density at radius 3 is 2.85 bits per heavy atom. The van der Waals surface area contributed by atoms with Crippen molar-refractivity contribution in [3.05, 3.63) is 52.9 Å². The Balaban J connectivity index is 1.93. The van der Waals surface area contributed by atoms with Gasteiger partial charge in [0, 0.05) is 6.20 Å². The number of anilines is 2. The number of carbonyl (C=O) groups excluding carboxylic acids is 1. The van der Waals surface area contributed by atoms with Crippen molar-refractivity contribution in [2.45, 2.75) is 6.17 Å². The minimum Gasteiger partial charge on any atom is -0.341 e. The maximum atomic E-state index is 11.2. The largest absolute Gasteiger partial charge is 0.341 e. The summed E-state index contributed by atoms with van der Waals surface area (Å²) in [5.74, 6) is 1.23. The lowest BCUT2D eigenvalue weighted by atomic mass is 10.2. The fourth-order valence-electron chi connectivity index (χ4n) is 1.98. The van der Waals surface area contributed by atoms with E-state index in [2.05, 4.69) is 31.2 Å². The third-order valence-electron chi connectivity index (χ3n) is 2.91. The van der Waals surface area contributed by atoms with Crippen molar-refractivity contribution in [2.75, 3.05) is 10.2 Å². The van der Waals surface area contributed by atoms with E-state index < -0.39 is 6.17 Å². The van der Waals surface area contributed by atoms with Crippen molar-refractivity contribution in [3.8, 4) is 0 Å². The van der Waals surface area contributed by atoms with Crippen LogP contribution >= 0.6 is 15.9 Å². The third kappa shape index (κ3) is 2.42. The van der Waals surface area contributed by atoms with E-state index in [9.17, 15) is 4.79 Å². The van der Waals surface area contributed by atoms with Gasteiger partial charge in [0.15, 0.2) is 24.1 Å². The molecule has 1 unspecified atom stereocenters. The first-order chi connectivity index (χ1) is 9.78. The molecule has 6 heteroatoms. The van der Waals surface area contributed by atoms with Gasteiger partial charge in [0.05, 0.1) is 6.20 Å². The standard InChI is InChI=1S/C14H11BrN4O/c15-11-8-16-13-14(17-11)19(12(9-20)18-13)7-6-10-4-2-1-3-5-10/h1-9,12H,(H,16,18). The molecule has 0 radical (unpaired) electrons. The Bertz CT molecular complexity index is 659. The number of aromatic nitrogens is 2. The van der Waals surface area contributed by atoms with Gasteiger partial charge in [-0.1, -0.05) is 30.3 Å². The number of halogens is 1. The van der Waals surface area contributed by atoms with E-state index in [-0.39, 0.29) is 0 Å². The third-order valence-corrected chi connectivity index (χ3v) is 3.29. The van der Waals surface area contributed by atoms with Gasteiger partial charge in [-0.15, -0.1) is 0 Å². The fourth-order valence-corrected chi connectivity index (χ4v) is 2.25. The fraction of sp³-hybridized carbons (Fsp3) is 0.0714. The summed E-state index contributed by atoms with van der Waals surface area (Å²) in [5.41, 5.74) is 1.05. The van der Waals surface area contributed by atoms with E-state index in [1.807, 2.05) is 42.6 Å². The zero-order valence-corrected chi connectivity index (χ0v) is 12.0. The quantitative estimate of drug-likeness (QED) is 0.877. The summed E-state index contributed by atoms with van der Waals surface area (Å²) >= 11 is 3.29. The van der Waals surface area contributed by atoms with E-state index in [1.54, 1.807) is 11.1 Å². The predicted octanol–water partition coefficient (Wildman–Crippen LogP) is 2.67. The topological polar surface area (TPSA) is 58.1 Å². The maximum absolute atomic E-state index is 11.2. The van der Waals surface area contributed by atoms with Crippen LogP contribution in [0.4, 0.5) is 11.6 Å². The molecular formula is C14H11BrN4O. The second-order valence-corrected chi connectivity index (χ2v) is 5.04. The number of rotatable bonds is 3. The van der Waals surface area contributed by atoms with Gasteiger partial charge in [-0.25, -0.2) is 9.97 Å². The first-order valence-electron chi connectivity index (χ1n) is 6.04. The molecule has 1 aliphatic rings. The van der Waals surface area contributed by atoms with E-state index in [0.29, 0.717) is 16.2 Å². The zero-order valence-electron chi connectivity index (χ0n) is 10.4. The van der Waals surface area contributed by atoms with Crippen LogP contribution in [0, 0.1) is 0 Å². The molecule has 1 aliphatic heterocycles. The average molecular weight is 331 g/mol. The second kappa shape index (κ2) is 5.42. The van der Waals surface area contributed by atoms with Gasteiger partial charge in [0.2, 0.25) is 0 Å². The van der Waals surface area contributed by atoms with Gasteiger partial charge in [-0.2, -0.15) is 0 Å². The summed E-state index contributed by atoms with van der Waals surface area (Å²) in [6.45, 7) is 0. The van der Waals surface area contributed by atoms with Gasteiger partial charge in [0.25, 0.3) is 0 Å². The molecule has 0 amide bonds. The summed E-state index contributed by atoms with van der Waals surface area (Å²) in [4.78, 5) is 21.5. The molecular weight excluding hydrogens is 320 g/mol. The summed E-state index contributed by atoms with van der Waals surface area (Å²) < 4.78 is 0.628. The van der Waals surface area contributed by atoms with Crippen LogP contribution in [-0.2, 0) is 4.79 Å². The van der Waals surface area contributed by atoms with Crippen LogP contribution in [0.15, 0.2) is 47.3 Å². The summed E-state index contributed by atoms with van der Waals surface area (Å²) in [6, 6.07) is 9.86. The van der Waals surface area contributed by atoms with Gasteiger partial charge in [-0.3, -0.25) is 4.79 Å². The van der Waals surface area contributed by atoms with Crippen molar-refractivity contribution in [1.29, 1.82) is 0 Å². The highest BCUT2D eigenvalue weighted by Gasteiger charge is 2.29.